The number of nitrogens with zero attached hydrogens (tertiary/aromatic N) is 3. The summed E-state index contributed by atoms with van der Waals surface area (Å²) in [5, 5.41) is 5.76. The summed E-state index contributed by atoms with van der Waals surface area (Å²) in [5.74, 6) is 1.52. The Bertz CT molecular complexity index is 689. The van der Waals surface area contributed by atoms with Gasteiger partial charge < -0.3 is 15.0 Å². The van der Waals surface area contributed by atoms with Crippen molar-refractivity contribution < 1.29 is 4.74 Å². The van der Waals surface area contributed by atoms with E-state index in [4.69, 9.17) is 9.73 Å². The molecule has 128 valence electrons. The molecule has 1 fully saturated rings. The fraction of sp³-hybridized carbons (Fsp3) is 0.474. The standard InChI is InChI=1S/C19H26N4O/c1-3-20-19(23(2)13-15-9-11-24-14-15)22-12-18-17-7-5-4-6-16(17)8-10-21-18/h4-8,10,15H,3,9,11-14H2,1-2H3,(H,20,22). The first-order valence-electron chi connectivity index (χ1n) is 8.67. The molecule has 5 nitrogen and oxygen atoms in total. The third-order valence-electron chi connectivity index (χ3n) is 4.39. The van der Waals surface area contributed by atoms with E-state index in [1.54, 1.807) is 0 Å². The van der Waals surface area contributed by atoms with Gasteiger partial charge in [-0.2, -0.15) is 0 Å². The average molecular weight is 326 g/mol. The number of rotatable bonds is 5. The Morgan fingerprint density at radius 2 is 2.25 bits per heavy atom. The third-order valence-corrected chi connectivity index (χ3v) is 4.39. The molecule has 0 spiro atoms. The highest BCUT2D eigenvalue weighted by atomic mass is 16.5. The lowest BCUT2D eigenvalue weighted by atomic mass is 10.1. The number of ether oxygens (including phenoxy) is 1. The minimum absolute atomic E-state index is 0.579. The van der Waals surface area contributed by atoms with Crippen molar-refractivity contribution in [3.8, 4) is 0 Å². The van der Waals surface area contributed by atoms with Crippen LogP contribution in [0.2, 0.25) is 0 Å². The summed E-state index contributed by atoms with van der Waals surface area (Å²) in [4.78, 5) is 11.5. The van der Waals surface area contributed by atoms with Crippen molar-refractivity contribution in [2.24, 2.45) is 10.9 Å². The molecule has 1 N–H and O–H groups in total. The van der Waals surface area contributed by atoms with Gasteiger partial charge in [0.2, 0.25) is 0 Å². The molecule has 1 atom stereocenters. The van der Waals surface area contributed by atoms with Crippen LogP contribution in [0.4, 0.5) is 0 Å². The summed E-state index contributed by atoms with van der Waals surface area (Å²) in [7, 11) is 2.09. The van der Waals surface area contributed by atoms with Crippen LogP contribution in [0.3, 0.4) is 0 Å². The number of fused-ring (bicyclic) bond motifs is 1. The van der Waals surface area contributed by atoms with Gasteiger partial charge in [-0.1, -0.05) is 24.3 Å². The zero-order chi connectivity index (χ0) is 16.8. The number of nitrogens with one attached hydrogen (secondary N) is 1. The van der Waals surface area contributed by atoms with E-state index in [0.717, 1.165) is 44.4 Å². The summed E-state index contributed by atoms with van der Waals surface area (Å²) < 4.78 is 5.48. The molecule has 5 heteroatoms. The minimum atomic E-state index is 0.579. The number of hydrogen-bond acceptors (Lipinski definition) is 3. The highest BCUT2D eigenvalue weighted by Crippen LogP contribution is 2.17. The van der Waals surface area contributed by atoms with E-state index in [0.29, 0.717) is 12.5 Å². The highest BCUT2D eigenvalue weighted by Gasteiger charge is 2.19. The maximum Gasteiger partial charge on any atom is 0.194 e. The number of benzene rings is 1. The van der Waals surface area contributed by atoms with Gasteiger partial charge in [0.05, 0.1) is 18.8 Å². The van der Waals surface area contributed by atoms with Gasteiger partial charge in [-0.05, 0) is 24.8 Å². The number of aromatic nitrogens is 1. The Kier molecular flexibility index (Phi) is 5.64. The zero-order valence-electron chi connectivity index (χ0n) is 14.5. The summed E-state index contributed by atoms with van der Waals surface area (Å²) in [6.07, 6.45) is 2.99. The molecular formula is C19H26N4O. The summed E-state index contributed by atoms with van der Waals surface area (Å²) in [6.45, 7) is 6.23. The topological polar surface area (TPSA) is 49.8 Å². The summed E-state index contributed by atoms with van der Waals surface area (Å²) in [5.41, 5.74) is 1.01. The number of guanidine groups is 1. The smallest absolute Gasteiger partial charge is 0.194 e. The van der Waals surface area contributed by atoms with Crippen LogP contribution in [-0.2, 0) is 11.3 Å². The highest BCUT2D eigenvalue weighted by molar-refractivity contribution is 5.85. The van der Waals surface area contributed by atoms with Gasteiger partial charge in [-0.3, -0.25) is 4.98 Å². The Labute approximate surface area is 143 Å². The fourth-order valence-electron chi connectivity index (χ4n) is 3.13. The van der Waals surface area contributed by atoms with E-state index in [-0.39, 0.29) is 0 Å². The Balaban J connectivity index is 1.74. The zero-order valence-corrected chi connectivity index (χ0v) is 14.5. The van der Waals surface area contributed by atoms with Crippen LogP contribution in [0, 0.1) is 5.92 Å². The molecule has 1 aromatic heterocycles. The van der Waals surface area contributed by atoms with Crippen LogP contribution >= 0.6 is 0 Å². The van der Waals surface area contributed by atoms with Crippen LogP contribution in [-0.4, -0.2) is 49.2 Å². The first-order chi connectivity index (χ1) is 11.8. The molecule has 0 amide bonds. The van der Waals surface area contributed by atoms with Crippen molar-refractivity contribution in [2.75, 3.05) is 33.4 Å². The minimum Gasteiger partial charge on any atom is -0.381 e. The third kappa shape index (κ3) is 4.03. The Hall–Kier alpha value is -2.14. The Morgan fingerprint density at radius 1 is 1.38 bits per heavy atom. The molecule has 2 aromatic rings. The normalized spacial score (nSPS) is 18.1. The Morgan fingerprint density at radius 3 is 3.04 bits per heavy atom. The first-order valence-corrected chi connectivity index (χ1v) is 8.67. The van der Waals surface area contributed by atoms with E-state index >= 15 is 0 Å². The number of aliphatic imine (C=N–C) groups is 1. The van der Waals surface area contributed by atoms with Gasteiger partial charge in [-0.15, -0.1) is 0 Å². The van der Waals surface area contributed by atoms with E-state index in [9.17, 15) is 0 Å². The first kappa shape index (κ1) is 16.7. The van der Waals surface area contributed by atoms with Gasteiger partial charge in [0, 0.05) is 44.2 Å². The lowest BCUT2D eigenvalue weighted by molar-refractivity contribution is 0.181. The molecule has 1 saturated heterocycles. The van der Waals surface area contributed by atoms with Gasteiger partial charge in [0.25, 0.3) is 0 Å². The molecule has 1 aliphatic rings. The van der Waals surface area contributed by atoms with Crippen molar-refractivity contribution in [1.82, 2.24) is 15.2 Å². The molecule has 3 rings (SSSR count). The van der Waals surface area contributed by atoms with Crippen LogP contribution in [0.1, 0.15) is 19.0 Å². The van der Waals surface area contributed by atoms with E-state index < -0.39 is 0 Å². The van der Waals surface area contributed by atoms with Crippen LogP contribution < -0.4 is 5.32 Å². The number of pyridine rings is 1. The van der Waals surface area contributed by atoms with E-state index in [2.05, 4.69) is 53.4 Å². The molecule has 1 aromatic carbocycles. The largest absolute Gasteiger partial charge is 0.381 e. The fourth-order valence-corrected chi connectivity index (χ4v) is 3.13. The molecular weight excluding hydrogens is 300 g/mol. The average Bonchev–Trinajstić information content (AvgIpc) is 3.11. The van der Waals surface area contributed by atoms with Crippen molar-refractivity contribution in [3.05, 3.63) is 42.2 Å². The molecule has 0 saturated carbocycles. The van der Waals surface area contributed by atoms with Gasteiger partial charge in [-0.25, -0.2) is 4.99 Å². The molecule has 0 bridgehead atoms. The quantitative estimate of drug-likeness (QED) is 0.678. The van der Waals surface area contributed by atoms with Crippen molar-refractivity contribution in [1.29, 1.82) is 0 Å². The second-order valence-electron chi connectivity index (χ2n) is 6.26. The molecule has 2 heterocycles. The predicted octanol–water partition coefficient (Wildman–Crippen LogP) is 2.67. The van der Waals surface area contributed by atoms with E-state index in [1.165, 1.54) is 10.8 Å². The SMILES string of the molecule is CCNC(=NCc1nccc2ccccc12)N(C)CC1CCOC1. The lowest BCUT2D eigenvalue weighted by Gasteiger charge is -2.24. The summed E-state index contributed by atoms with van der Waals surface area (Å²) in [6, 6.07) is 10.4. The van der Waals surface area contributed by atoms with Crippen molar-refractivity contribution in [3.63, 3.8) is 0 Å². The number of hydrogen-bond donors (Lipinski definition) is 1. The molecule has 24 heavy (non-hydrogen) atoms. The molecule has 1 aliphatic heterocycles. The van der Waals surface area contributed by atoms with Crippen LogP contribution in [0.15, 0.2) is 41.5 Å². The van der Waals surface area contributed by atoms with Gasteiger partial charge in [0.15, 0.2) is 5.96 Å². The van der Waals surface area contributed by atoms with Gasteiger partial charge in [0.1, 0.15) is 0 Å². The second-order valence-corrected chi connectivity index (χ2v) is 6.26. The van der Waals surface area contributed by atoms with Crippen molar-refractivity contribution >= 4 is 16.7 Å². The second kappa shape index (κ2) is 8.11. The van der Waals surface area contributed by atoms with Crippen molar-refractivity contribution in [2.45, 2.75) is 19.9 Å². The molecule has 1 unspecified atom stereocenters. The lowest BCUT2D eigenvalue weighted by Crippen LogP contribution is -2.41. The predicted molar refractivity (Wildman–Crippen MR) is 98.1 cm³/mol. The molecule has 0 radical (unpaired) electrons. The van der Waals surface area contributed by atoms with Crippen LogP contribution in [0.25, 0.3) is 10.8 Å². The molecule has 0 aliphatic carbocycles. The van der Waals surface area contributed by atoms with E-state index in [1.807, 2.05) is 12.3 Å². The maximum absolute atomic E-state index is 5.48. The van der Waals surface area contributed by atoms with Gasteiger partial charge >= 0.3 is 0 Å². The monoisotopic (exact) mass is 326 g/mol. The summed E-state index contributed by atoms with van der Waals surface area (Å²) >= 11 is 0. The van der Waals surface area contributed by atoms with Crippen LogP contribution in [0.5, 0.6) is 0 Å². The maximum atomic E-state index is 5.48.